The number of aromatic nitrogens is 1. The van der Waals surface area contributed by atoms with Crippen molar-refractivity contribution in [2.45, 2.75) is 12.0 Å². The molecule has 1 aliphatic heterocycles. The van der Waals surface area contributed by atoms with E-state index in [0.29, 0.717) is 5.02 Å². The molecular weight excluding hydrogens is 364 g/mol. The zero-order valence-corrected chi connectivity index (χ0v) is 15.9. The topological polar surface area (TPSA) is 36.4 Å². The van der Waals surface area contributed by atoms with Gasteiger partial charge in [0.25, 0.3) is 0 Å². The molecule has 5 heteroatoms. The van der Waals surface area contributed by atoms with E-state index in [2.05, 4.69) is 34.4 Å². The third kappa shape index (κ3) is 3.05. The van der Waals surface area contributed by atoms with E-state index in [0.717, 1.165) is 28.9 Å². The Labute approximate surface area is 162 Å². The second-order valence-electron chi connectivity index (χ2n) is 6.42. The van der Waals surface area contributed by atoms with Gasteiger partial charge in [0.2, 0.25) is 0 Å². The molecule has 132 valence electrons. The molecule has 2 aromatic heterocycles. The van der Waals surface area contributed by atoms with E-state index < -0.39 is 6.10 Å². The SMILES string of the molecule is CN1CC(c2cccs2)C(C(O)c2cccnc2)=C1c1ccccc1Cl. The third-order valence-corrected chi connectivity index (χ3v) is 6.11. The normalized spacial score (nSPS) is 18.4. The van der Waals surface area contributed by atoms with Gasteiger partial charge >= 0.3 is 0 Å². The molecule has 2 atom stereocenters. The van der Waals surface area contributed by atoms with Crippen LogP contribution in [0.4, 0.5) is 0 Å². The van der Waals surface area contributed by atoms with E-state index >= 15 is 0 Å². The van der Waals surface area contributed by atoms with E-state index in [4.69, 9.17) is 11.6 Å². The molecule has 0 radical (unpaired) electrons. The molecule has 1 N–H and O–H groups in total. The van der Waals surface area contributed by atoms with Crippen molar-refractivity contribution in [3.63, 3.8) is 0 Å². The standard InChI is InChI=1S/C21H19ClN2OS/c1-24-13-16(18-9-5-11-26-18)19(21(25)14-6-4-10-23-12-14)20(24)15-7-2-3-8-17(15)22/h2-12,16,21,25H,13H2,1H3. The van der Waals surface area contributed by atoms with E-state index in [1.807, 2.05) is 36.4 Å². The molecule has 0 spiro atoms. The Morgan fingerprint density at radius 1 is 1.19 bits per heavy atom. The van der Waals surface area contributed by atoms with Crippen LogP contribution in [0.1, 0.15) is 28.0 Å². The van der Waals surface area contributed by atoms with Gasteiger partial charge in [-0.05, 0) is 29.2 Å². The van der Waals surface area contributed by atoms with Gasteiger partial charge < -0.3 is 10.0 Å². The summed E-state index contributed by atoms with van der Waals surface area (Å²) in [5.74, 6) is 0.126. The van der Waals surface area contributed by atoms with Crippen LogP contribution in [0.15, 0.2) is 71.9 Å². The van der Waals surface area contributed by atoms with Crippen LogP contribution in [0, 0.1) is 0 Å². The molecule has 0 saturated carbocycles. The zero-order chi connectivity index (χ0) is 18.1. The molecule has 3 nitrogen and oxygen atoms in total. The number of likely N-dealkylation sites (N-methyl/N-ethyl adjacent to an activating group) is 1. The number of rotatable bonds is 4. The molecule has 2 unspecified atom stereocenters. The van der Waals surface area contributed by atoms with E-state index in [1.54, 1.807) is 23.7 Å². The van der Waals surface area contributed by atoms with Gasteiger partial charge in [0.15, 0.2) is 0 Å². The molecule has 0 saturated heterocycles. The number of hydrogen-bond acceptors (Lipinski definition) is 4. The lowest BCUT2D eigenvalue weighted by Crippen LogP contribution is -2.15. The number of halogens is 1. The minimum Gasteiger partial charge on any atom is -0.384 e. The highest BCUT2D eigenvalue weighted by Gasteiger charge is 2.37. The summed E-state index contributed by atoms with van der Waals surface area (Å²) >= 11 is 8.23. The Morgan fingerprint density at radius 3 is 2.73 bits per heavy atom. The van der Waals surface area contributed by atoms with Gasteiger partial charge in [0, 0.05) is 58.6 Å². The van der Waals surface area contributed by atoms with Crippen molar-refractivity contribution >= 4 is 28.6 Å². The Balaban J connectivity index is 1.91. The summed E-state index contributed by atoms with van der Waals surface area (Å²) in [6.45, 7) is 0.813. The second-order valence-corrected chi connectivity index (χ2v) is 7.81. The monoisotopic (exact) mass is 382 g/mol. The summed E-state index contributed by atoms with van der Waals surface area (Å²) in [4.78, 5) is 7.62. The van der Waals surface area contributed by atoms with Gasteiger partial charge in [-0.15, -0.1) is 11.3 Å². The Kier molecular flexibility index (Phi) is 4.81. The molecule has 1 aliphatic rings. The maximum atomic E-state index is 11.3. The van der Waals surface area contributed by atoms with Crippen molar-refractivity contribution in [3.8, 4) is 0 Å². The summed E-state index contributed by atoms with van der Waals surface area (Å²) in [6, 6.07) is 15.8. The van der Waals surface area contributed by atoms with Crippen LogP contribution in [0.3, 0.4) is 0 Å². The quantitative estimate of drug-likeness (QED) is 0.692. The van der Waals surface area contributed by atoms with E-state index in [9.17, 15) is 5.11 Å². The van der Waals surface area contributed by atoms with Crippen molar-refractivity contribution < 1.29 is 5.11 Å². The molecule has 0 bridgehead atoms. The molecule has 3 aromatic rings. The van der Waals surface area contributed by atoms with Gasteiger partial charge in [-0.1, -0.05) is 41.9 Å². The van der Waals surface area contributed by atoms with Crippen molar-refractivity contribution in [3.05, 3.63) is 92.9 Å². The average molecular weight is 383 g/mol. The van der Waals surface area contributed by atoms with E-state index in [1.165, 1.54) is 4.88 Å². The number of nitrogens with zero attached hydrogens (tertiary/aromatic N) is 2. The van der Waals surface area contributed by atoms with Crippen molar-refractivity contribution in [1.82, 2.24) is 9.88 Å². The average Bonchev–Trinajstić information content (AvgIpc) is 3.30. The summed E-state index contributed by atoms with van der Waals surface area (Å²) in [5, 5.41) is 14.0. The minimum atomic E-state index is -0.730. The highest BCUT2D eigenvalue weighted by molar-refractivity contribution is 7.10. The molecule has 26 heavy (non-hydrogen) atoms. The van der Waals surface area contributed by atoms with Crippen molar-refractivity contribution in [2.75, 3.05) is 13.6 Å². The molecule has 0 aliphatic carbocycles. The van der Waals surface area contributed by atoms with Gasteiger partial charge in [-0.2, -0.15) is 0 Å². The van der Waals surface area contributed by atoms with Gasteiger partial charge in [0.05, 0.1) is 0 Å². The minimum absolute atomic E-state index is 0.126. The van der Waals surface area contributed by atoms with Crippen LogP contribution in [0.2, 0.25) is 5.02 Å². The zero-order valence-electron chi connectivity index (χ0n) is 14.3. The highest BCUT2D eigenvalue weighted by Crippen LogP contribution is 2.47. The fourth-order valence-electron chi connectivity index (χ4n) is 3.63. The number of hydrogen-bond donors (Lipinski definition) is 1. The highest BCUT2D eigenvalue weighted by atomic mass is 35.5. The first-order valence-electron chi connectivity index (χ1n) is 8.48. The summed E-state index contributed by atoms with van der Waals surface area (Å²) in [6.07, 6.45) is 2.72. The lowest BCUT2D eigenvalue weighted by atomic mass is 9.89. The molecule has 1 aromatic carbocycles. The Bertz CT molecular complexity index is 924. The lowest BCUT2D eigenvalue weighted by molar-refractivity contribution is 0.210. The Hall–Kier alpha value is -2.14. The van der Waals surface area contributed by atoms with Crippen LogP contribution in [0.25, 0.3) is 5.70 Å². The second kappa shape index (κ2) is 7.23. The van der Waals surface area contributed by atoms with Crippen LogP contribution >= 0.6 is 22.9 Å². The maximum absolute atomic E-state index is 11.3. The third-order valence-electron chi connectivity index (χ3n) is 4.80. The van der Waals surface area contributed by atoms with Crippen LogP contribution < -0.4 is 0 Å². The van der Waals surface area contributed by atoms with Crippen molar-refractivity contribution in [1.29, 1.82) is 0 Å². The smallest absolute Gasteiger partial charge is 0.105 e. The summed E-state index contributed by atoms with van der Waals surface area (Å²) in [7, 11) is 2.06. The van der Waals surface area contributed by atoms with Gasteiger partial charge in [0.1, 0.15) is 6.10 Å². The number of thiophene rings is 1. The Morgan fingerprint density at radius 2 is 2.04 bits per heavy atom. The molecular formula is C21H19ClN2OS. The van der Waals surface area contributed by atoms with Crippen molar-refractivity contribution in [2.24, 2.45) is 0 Å². The summed E-state index contributed by atoms with van der Waals surface area (Å²) in [5.41, 5.74) is 3.74. The van der Waals surface area contributed by atoms with Gasteiger partial charge in [-0.25, -0.2) is 0 Å². The number of aliphatic hydroxyl groups is 1. The number of aliphatic hydroxyl groups excluding tert-OH is 1. The number of pyridine rings is 1. The predicted octanol–water partition coefficient (Wildman–Crippen LogP) is 4.97. The first-order valence-corrected chi connectivity index (χ1v) is 9.74. The first-order chi connectivity index (χ1) is 12.7. The first kappa shape index (κ1) is 17.3. The van der Waals surface area contributed by atoms with Crippen LogP contribution in [-0.4, -0.2) is 28.6 Å². The summed E-state index contributed by atoms with van der Waals surface area (Å²) < 4.78 is 0. The molecule has 0 amide bonds. The molecule has 3 heterocycles. The van der Waals surface area contributed by atoms with Crippen LogP contribution in [-0.2, 0) is 0 Å². The largest absolute Gasteiger partial charge is 0.384 e. The fourth-order valence-corrected chi connectivity index (χ4v) is 4.70. The lowest BCUT2D eigenvalue weighted by Gasteiger charge is -2.21. The van der Waals surface area contributed by atoms with Crippen LogP contribution in [0.5, 0.6) is 0 Å². The van der Waals surface area contributed by atoms with E-state index in [-0.39, 0.29) is 5.92 Å². The number of benzene rings is 1. The maximum Gasteiger partial charge on any atom is 0.105 e. The van der Waals surface area contributed by atoms with Gasteiger partial charge in [-0.3, -0.25) is 4.98 Å². The molecule has 0 fully saturated rings. The fraction of sp³-hybridized carbons (Fsp3) is 0.190. The predicted molar refractivity (Wildman–Crippen MR) is 107 cm³/mol. The molecule has 4 rings (SSSR count).